The zero-order valence-electron chi connectivity index (χ0n) is 12.0. The predicted octanol–water partition coefficient (Wildman–Crippen LogP) is 1.51. The van der Waals surface area contributed by atoms with E-state index in [1.807, 2.05) is 30.3 Å². The van der Waals surface area contributed by atoms with E-state index in [0.717, 1.165) is 5.56 Å². The highest BCUT2D eigenvalue weighted by molar-refractivity contribution is 5.16. The monoisotopic (exact) mass is 307 g/mol. The Bertz CT molecular complexity index is 551. The van der Waals surface area contributed by atoms with Gasteiger partial charge in [-0.15, -0.1) is 0 Å². The van der Waals surface area contributed by atoms with Crippen LogP contribution in [0, 0.1) is 0 Å². The van der Waals surface area contributed by atoms with Crippen molar-refractivity contribution in [3.8, 4) is 0 Å². The van der Waals surface area contributed by atoms with Gasteiger partial charge in [0.05, 0.1) is 12.7 Å². The summed E-state index contributed by atoms with van der Waals surface area (Å²) >= 11 is 0. The van der Waals surface area contributed by atoms with Crippen LogP contribution in [0.1, 0.15) is 11.9 Å². The molecule has 8 nitrogen and oxygen atoms in total. The van der Waals surface area contributed by atoms with Crippen LogP contribution < -0.4 is 0 Å². The summed E-state index contributed by atoms with van der Waals surface area (Å²) in [6.45, 7) is 0.254. The maximum Gasteiger partial charge on any atom is 0.184 e. The Morgan fingerprint density at radius 2 is 2.09 bits per heavy atom. The van der Waals surface area contributed by atoms with Crippen molar-refractivity contribution in [2.75, 3.05) is 13.7 Å². The molecule has 1 N–H and O–H groups in total. The van der Waals surface area contributed by atoms with Gasteiger partial charge >= 0.3 is 0 Å². The second-order valence-electron chi connectivity index (χ2n) is 5.14. The minimum atomic E-state index is -1.03. The van der Waals surface area contributed by atoms with Gasteiger partial charge in [0.1, 0.15) is 18.2 Å². The van der Waals surface area contributed by atoms with Crippen LogP contribution in [0.3, 0.4) is 0 Å². The molecule has 22 heavy (non-hydrogen) atoms. The summed E-state index contributed by atoms with van der Waals surface area (Å²) in [5, 5.41) is 14.0. The third kappa shape index (κ3) is 2.80. The third-order valence-corrected chi connectivity index (χ3v) is 3.82. The fraction of sp³-hybridized carbons (Fsp3) is 0.571. The average molecular weight is 307 g/mol. The van der Waals surface area contributed by atoms with E-state index in [1.165, 1.54) is 7.11 Å². The molecule has 2 aliphatic rings. The van der Waals surface area contributed by atoms with Crippen molar-refractivity contribution in [2.45, 2.75) is 36.9 Å². The number of nitrogens with zero attached hydrogens (tertiary/aromatic N) is 3. The smallest absolute Gasteiger partial charge is 0.184 e. The number of azide groups is 1. The van der Waals surface area contributed by atoms with E-state index in [4.69, 9.17) is 24.5 Å². The number of rotatable bonds is 3. The summed E-state index contributed by atoms with van der Waals surface area (Å²) in [5.41, 5.74) is 9.50. The molecule has 2 heterocycles. The summed E-state index contributed by atoms with van der Waals surface area (Å²) in [6.07, 6.45) is -3.58. The number of hydrogen-bond donors (Lipinski definition) is 1. The maximum absolute atomic E-state index is 10.5. The number of benzene rings is 1. The van der Waals surface area contributed by atoms with Crippen molar-refractivity contribution in [3.63, 3.8) is 0 Å². The lowest BCUT2D eigenvalue weighted by atomic mass is 9.96. The molecule has 0 radical (unpaired) electrons. The zero-order valence-corrected chi connectivity index (χ0v) is 12.0. The average Bonchev–Trinajstić information content (AvgIpc) is 2.58. The molecule has 0 bridgehead atoms. The van der Waals surface area contributed by atoms with Gasteiger partial charge in [-0.05, 0) is 5.53 Å². The Balaban J connectivity index is 1.79. The first-order valence-corrected chi connectivity index (χ1v) is 6.97. The van der Waals surface area contributed by atoms with Gasteiger partial charge in [-0.25, -0.2) is 0 Å². The highest BCUT2D eigenvalue weighted by Gasteiger charge is 2.49. The first-order chi connectivity index (χ1) is 10.7. The van der Waals surface area contributed by atoms with Crippen LogP contribution in [0.15, 0.2) is 35.4 Å². The first-order valence-electron chi connectivity index (χ1n) is 6.97. The lowest BCUT2D eigenvalue weighted by molar-refractivity contribution is -0.338. The van der Waals surface area contributed by atoms with E-state index in [-0.39, 0.29) is 6.61 Å². The van der Waals surface area contributed by atoms with Gasteiger partial charge in [0.25, 0.3) is 0 Å². The van der Waals surface area contributed by atoms with E-state index in [2.05, 4.69) is 10.0 Å². The van der Waals surface area contributed by atoms with E-state index in [0.29, 0.717) is 0 Å². The summed E-state index contributed by atoms with van der Waals surface area (Å²) in [6, 6.07) is 8.55. The molecule has 0 spiro atoms. The van der Waals surface area contributed by atoms with Crippen LogP contribution in [0.25, 0.3) is 10.4 Å². The molecule has 3 rings (SSSR count). The van der Waals surface area contributed by atoms with E-state index in [1.54, 1.807) is 0 Å². The van der Waals surface area contributed by atoms with E-state index >= 15 is 0 Å². The standard InChI is InChI=1S/C14H17N3O5/c1-19-14-10(16-17-15)11(18)12-9(21-14)7-20-13(22-12)8-5-3-2-4-6-8/h2-6,9-14,18H,7H2,1H3/t9-,10-,11-,12-,13-,14-/m1/s1. The first kappa shape index (κ1) is 15.2. The number of aliphatic hydroxyl groups is 1. The molecule has 1 aromatic rings. The van der Waals surface area contributed by atoms with Crippen LogP contribution in [0.4, 0.5) is 0 Å². The van der Waals surface area contributed by atoms with Crippen molar-refractivity contribution in [1.29, 1.82) is 0 Å². The van der Waals surface area contributed by atoms with Gasteiger partial charge in [-0.2, -0.15) is 0 Å². The Labute approximate surface area is 127 Å². The molecule has 0 aromatic heterocycles. The molecule has 6 atom stereocenters. The Kier molecular flexibility index (Phi) is 4.58. The highest BCUT2D eigenvalue weighted by Crippen LogP contribution is 2.35. The zero-order chi connectivity index (χ0) is 15.5. The lowest BCUT2D eigenvalue weighted by Crippen LogP contribution is -2.61. The summed E-state index contributed by atoms with van der Waals surface area (Å²) in [4.78, 5) is 2.74. The summed E-state index contributed by atoms with van der Waals surface area (Å²) < 4.78 is 22.3. The summed E-state index contributed by atoms with van der Waals surface area (Å²) in [7, 11) is 1.43. The Morgan fingerprint density at radius 1 is 1.32 bits per heavy atom. The molecule has 0 unspecified atom stereocenters. The minimum absolute atomic E-state index is 0.254. The molecule has 0 saturated carbocycles. The van der Waals surface area contributed by atoms with Crippen molar-refractivity contribution in [1.82, 2.24) is 0 Å². The second kappa shape index (κ2) is 6.62. The Morgan fingerprint density at radius 3 is 2.77 bits per heavy atom. The van der Waals surface area contributed by atoms with Gasteiger partial charge in [-0.1, -0.05) is 35.4 Å². The minimum Gasteiger partial charge on any atom is -0.390 e. The fourth-order valence-corrected chi connectivity index (χ4v) is 2.73. The number of fused-ring (bicyclic) bond motifs is 1. The molecule has 1 aromatic carbocycles. The number of aliphatic hydroxyl groups excluding tert-OH is 1. The second-order valence-corrected chi connectivity index (χ2v) is 5.14. The number of ether oxygens (including phenoxy) is 4. The van der Waals surface area contributed by atoms with Gasteiger partial charge in [0, 0.05) is 17.6 Å². The van der Waals surface area contributed by atoms with Crippen LogP contribution >= 0.6 is 0 Å². The van der Waals surface area contributed by atoms with Gasteiger partial charge < -0.3 is 24.1 Å². The quantitative estimate of drug-likeness (QED) is 0.517. The van der Waals surface area contributed by atoms with Crippen LogP contribution in [-0.2, 0) is 18.9 Å². The lowest BCUT2D eigenvalue weighted by Gasteiger charge is -2.46. The number of methoxy groups -OCH3 is 1. The van der Waals surface area contributed by atoms with Crippen molar-refractivity contribution < 1.29 is 24.1 Å². The molecule has 0 amide bonds. The summed E-state index contributed by atoms with van der Waals surface area (Å²) in [5.74, 6) is 0. The molecular weight excluding hydrogens is 290 g/mol. The molecule has 2 fully saturated rings. The SMILES string of the molecule is CO[C@@H]1O[C@@H]2CO[C@@H](c3ccccc3)O[C@H]2[C@H](O)[C@H]1N=[N+]=[N-]. The Hall–Kier alpha value is -1.67. The van der Waals surface area contributed by atoms with Crippen LogP contribution in [0.2, 0.25) is 0 Å². The van der Waals surface area contributed by atoms with Crippen LogP contribution in [0.5, 0.6) is 0 Å². The number of hydrogen-bond acceptors (Lipinski definition) is 6. The van der Waals surface area contributed by atoms with Gasteiger partial charge in [0.15, 0.2) is 12.6 Å². The van der Waals surface area contributed by atoms with Gasteiger partial charge in [-0.3, -0.25) is 0 Å². The fourth-order valence-electron chi connectivity index (χ4n) is 2.73. The molecule has 2 saturated heterocycles. The van der Waals surface area contributed by atoms with Gasteiger partial charge in [0.2, 0.25) is 0 Å². The molecular formula is C14H17N3O5. The largest absolute Gasteiger partial charge is 0.390 e. The third-order valence-electron chi connectivity index (χ3n) is 3.82. The highest BCUT2D eigenvalue weighted by atomic mass is 16.7. The van der Waals surface area contributed by atoms with Crippen molar-refractivity contribution in [2.24, 2.45) is 5.11 Å². The van der Waals surface area contributed by atoms with Crippen molar-refractivity contribution in [3.05, 3.63) is 46.3 Å². The van der Waals surface area contributed by atoms with Crippen molar-refractivity contribution >= 4 is 0 Å². The van der Waals surface area contributed by atoms with E-state index < -0.39 is 36.9 Å². The molecule has 118 valence electrons. The molecule has 8 heteroatoms. The van der Waals surface area contributed by atoms with Crippen LogP contribution in [-0.4, -0.2) is 49.5 Å². The maximum atomic E-state index is 10.5. The van der Waals surface area contributed by atoms with E-state index in [9.17, 15) is 5.11 Å². The topological polar surface area (TPSA) is 106 Å². The normalized spacial score (nSPS) is 37.9. The molecule has 2 aliphatic heterocycles. The molecule has 0 aliphatic carbocycles. The predicted molar refractivity (Wildman–Crippen MR) is 74.6 cm³/mol.